The molecule has 3 nitrogen and oxygen atoms in total. The van der Waals surface area contributed by atoms with Crippen LogP contribution in [0.2, 0.25) is 0 Å². The number of hydrogen-bond donors (Lipinski definition) is 1. The van der Waals surface area contributed by atoms with Crippen molar-refractivity contribution in [2.45, 2.75) is 38.6 Å². The highest BCUT2D eigenvalue weighted by molar-refractivity contribution is 8.13. The first-order valence-electron chi connectivity index (χ1n) is 5.95. The van der Waals surface area contributed by atoms with Crippen molar-refractivity contribution in [1.29, 1.82) is 0 Å². The Morgan fingerprint density at radius 3 is 2.17 bits per heavy atom. The van der Waals surface area contributed by atoms with Crippen LogP contribution >= 0.6 is 11.8 Å². The lowest BCUT2D eigenvalue weighted by Crippen LogP contribution is -2.42. The SMILES string of the molecule is CC(=O)NC(C(=O)Sc1ccc(C)cc1)C(C)C. The molecule has 0 aliphatic rings. The molecule has 1 aromatic carbocycles. The maximum atomic E-state index is 12.1. The van der Waals surface area contributed by atoms with Gasteiger partial charge >= 0.3 is 0 Å². The summed E-state index contributed by atoms with van der Waals surface area (Å²) in [5.41, 5.74) is 1.16. The maximum Gasteiger partial charge on any atom is 0.217 e. The van der Waals surface area contributed by atoms with Gasteiger partial charge in [0.05, 0.1) is 0 Å². The van der Waals surface area contributed by atoms with Crippen LogP contribution in [0, 0.1) is 12.8 Å². The molecule has 1 rings (SSSR count). The first-order valence-corrected chi connectivity index (χ1v) is 6.77. The molecule has 0 saturated carbocycles. The molecule has 1 unspecified atom stereocenters. The molecule has 0 aliphatic heterocycles. The Bertz CT molecular complexity index is 426. The van der Waals surface area contributed by atoms with E-state index in [9.17, 15) is 9.59 Å². The van der Waals surface area contributed by atoms with Gasteiger partial charge in [-0.2, -0.15) is 0 Å². The third-order valence-electron chi connectivity index (χ3n) is 2.52. The predicted molar refractivity (Wildman–Crippen MR) is 74.5 cm³/mol. The summed E-state index contributed by atoms with van der Waals surface area (Å²) in [6.07, 6.45) is 0. The molecule has 98 valence electrons. The standard InChI is InChI=1S/C14H19NO2S/c1-9(2)13(15-11(4)16)14(17)18-12-7-5-10(3)6-8-12/h5-9,13H,1-4H3,(H,15,16). The molecule has 0 aromatic heterocycles. The normalized spacial score (nSPS) is 12.3. The minimum atomic E-state index is -0.436. The summed E-state index contributed by atoms with van der Waals surface area (Å²) in [5, 5.41) is 2.68. The average molecular weight is 265 g/mol. The molecule has 0 fully saturated rings. The van der Waals surface area contributed by atoms with Crippen LogP contribution in [0.1, 0.15) is 26.3 Å². The quantitative estimate of drug-likeness (QED) is 0.851. The van der Waals surface area contributed by atoms with Crippen LogP contribution in [0.25, 0.3) is 0 Å². The van der Waals surface area contributed by atoms with Crippen molar-refractivity contribution in [3.63, 3.8) is 0 Å². The minimum Gasteiger partial charge on any atom is -0.345 e. The molecule has 1 atom stereocenters. The van der Waals surface area contributed by atoms with E-state index in [0.29, 0.717) is 0 Å². The van der Waals surface area contributed by atoms with E-state index < -0.39 is 6.04 Å². The van der Waals surface area contributed by atoms with Gasteiger partial charge < -0.3 is 5.32 Å². The topological polar surface area (TPSA) is 46.2 Å². The Hall–Kier alpha value is -1.29. The van der Waals surface area contributed by atoms with Gasteiger partial charge in [0, 0.05) is 11.8 Å². The van der Waals surface area contributed by atoms with Crippen LogP contribution < -0.4 is 5.32 Å². The second-order valence-corrected chi connectivity index (χ2v) is 5.73. The Morgan fingerprint density at radius 2 is 1.72 bits per heavy atom. The highest BCUT2D eigenvalue weighted by Gasteiger charge is 2.23. The van der Waals surface area contributed by atoms with E-state index in [4.69, 9.17) is 0 Å². The first kappa shape index (κ1) is 14.8. The lowest BCUT2D eigenvalue weighted by molar-refractivity contribution is -0.123. The number of aryl methyl sites for hydroxylation is 1. The van der Waals surface area contributed by atoms with Crippen molar-refractivity contribution in [3.05, 3.63) is 29.8 Å². The van der Waals surface area contributed by atoms with Gasteiger partial charge in [0.2, 0.25) is 11.0 Å². The molecular weight excluding hydrogens is 246 g/mol. The van der Waals surface area contributed by atoms with Gasteiger partial charge in [-0.15, -0.1) is 0 Å². The van der Waals surface area contributed by atoms with Gasteiger partial charge in [0.15, 0.2) is 0 Å². The molecule has 0 saturated heterocycles. The van der Waals surface area contributed by atoms with E-state index in [1.165, 1.54) is 18.7 Å². The van der Waals surface area contributed by atoms with E-state index in [-0.39, 0.29) is 16.9 Å². The van der Waals surface area contributed by atoms with Gasteiger partial charge in [-0.05, 0) is 36.7 Å². The fourth-order valence-corrected chi connectivity index (χ4v) is 2.47. The molecule has 4 heteroatoms. The smallest absolute Gasteiger partial charge is 0.217 e. The highest BCUT2D eigenvalue weighted by atomic mass is 32.2. The van der Waals surface area contributed by atoms with Gasteiger partial charge in [-0.3, -0.25) is 9.59 Å². The number of nitrogens with one attached hydrogen (secondary N) is 1. The second kappa shape index (κ2) is 6.59. The molecule has 0 aliphatic carbocycles. The van der Waals surface area contributed by atoms with Crippen LogP contribution in [0.4, 0.5) is 0 Å². The summed E-state index contributed by atoms with van der Waals surface area (Å²) in [5.74, 6) is -0.0918. The number of rotatable bonds is 4. The molecule has 0 bridgehead atoms. The third-order valence-corrected chi connectivity index (χ3v) is 3.48. The molecule has 1 N–H and O–H groups in total. The molecular formula is C14H19NO2S. The zero-order valence-electron chi connectivity index (χ0n) is 11.2. The van der Waals surface area contributed by atoms with Crippen LogP contribution in [0.15, 0.2) is 29.2 Å². The summed E-state index contributed by atoms with van der Waals surface area (Å²) in [6, 6.07) is 7.34. The number of hydrogen-bond acceptors (Lipinski definition) is 3. The number of benzene rings is 1. The summed E-state index contributed by atoms with van der Waals surface area (Å²) in [7, 11) is 0. The van der Waals surface area contributed by atoms with Crippen molar-refractivity contribution in [2.24, 2.45) is 5.92 Å². The van der Waals surface area contributed by atoms with Crippen LogP contribution in [0.5, 0.6) is 0 Å². The minimum absolute atomic E-state index is 0.0240. The highest BCUT2D eigenvalue weighted by Crippen LogP contribution is 2.22. The summed E-state index contributed by atoms with van der Waals surface area (Å²) >= 11 is 1.18. The molecule has 0 radical (unpaired) electrons. The van der Waals surface area contributed by atoms with Crippen LogP contribution in [0.3, 0.4) is 0 Å². The van der Waals surface area contributed by atoms with Gasteiger partial charge in [0.25, 0.3) is 0 Å². The van der Waals surface area contributed by atoms with Crippen molar-refractivity contribution in [3.8, 4) is 0 Å². The van der Waals surface area contributed by atoms with E-state index >= 15 is 0 Å². The molecule has 1 aromatic rings. The number of amides is 1. The van der Waals surface area contributed by atoms with Crippen molar-refractivity contribution >= 4 is 22.8 Å². The fraction of sp³-hybridized carbons (Fsp3) is 0.429. The van der Waals surface area contributed by atoms with E-state index in [1.807, 2.05) is 45.0 Å². The monoisotopic (exact) mass is 265 g/mol. The number of thioether (sulfide) groups is 1. The Morgan fingerprint density at radius 1 is 1.17 bits per heavy atom. The van der Waals surface area contributed by atoms with E-state index in [0.717, 1.165) is 10.5 Å². The van der Waals surface area contributed by atoms with Crippen molar-refractivity contribution < 1.29 is 9.59 Å². The van der Waals surface area contributed by atoms with Crippen LogP contribution in [-0.2, 0) is 9.59 Å². The lowest BCUT2D eigenvalue weighted by Gasteiger charge is -2.19. The Labute approximate surface area is 112 Å². The third kappa shape index (κ3) is 4.53. The van der Waals surface area contributed by atoms with E-state index in [2.05, 4.69) is 5.32 Å². The first-order chi connectivity index (χ1) is 8.40. The summed E-state index contributed by atoms with van der Waals surface area (Å²) < 4.78 is 0. The van der Waals surface area contributed by atoms with Crippen molar-refractivity contribution in [1.82, 2.24) is 5.32 Å². The van der Waals surface area contributed by atoms with Gasteiger partial charge in [-0.25, -0.2) is 0 Å². The Kier molecular flexibility index (Phi) is 5.41. The predicted octanol–water partition coefficient (Wildman–Crippen LogP) is 2.77. The zero-order chi connectivity index (χ0) is 13.7. The zero-order valence-corrected chi connectivity index (χ0v) is 12.0. The fourth-order valence-electron chi connectivity index (χ4n) is 1.50. The Balaban J connectivity index is 2.72. The second-order valence-electron chi connectivity index (χ2n) is 4.66. The van der Waals surface area contributed by atoms with E-state index in [1.54, 1.807) is 0 Å². The summed E-state index contributed by atoms with van der Waals surface area (Å²) in [6.45, 7) is 7.28. The molecule has 1 amide bonds. The van der Waals surface area contributed by atoms with Gasteiger partial charge in [0.1, 0.15) is 6.04 Å². The molecule has 0 spiro atoms. The largest absolute Gasteiger partial charge is 0.345 e. The average Bonchev–Trinajstić information content (AvgIpc) is 2.28. The summed E-state index contributed by atoms with van der Waals surface area (Å²) in [4.78, 5) is 24.1. The maximum absolute atomic E-state index is 12.1. The molecule has 0 heterocycles. The lowest BCUT2D eigenvalue weighted by atomic mass is 10.1. The van der Waals surface area contributed by atoms with Crippen molar-refractivity contribution in [2.75, 3.05) is 0 Å². The van der Waals surface area contributed by atoms with Crippen LogP contribution in [-0.4, -0.2) is 17.1 Å². The number of carbonyl (C=O) groups excluding carboxylic acids is 2. The number of carbonyl (C=O) groups is 2. The van der Waals surface area contributed by atoms with Gasteiger partial charge in [-0.1, -0.05) is 31.5 Å². The molecule has 18 heavy (non-hydrogen) atoms.